The molecular formula is C14H11F2N3O6S. The quantitative estimate of drug-likeness (QED) is 0.544. The van der Waals surface area contributed by atoms with E-state index >= 15 is 0 Å². The summed E-state index contributed by atoms with van der Waals surface area (Å²) in [5.74, 6) is -3.51. The van der Waals surface area contributed by atoms with Crippen LogP contribution in [0.2, 0.25) is 0 Å². The zero-order valence-corrected chi connectivity index (χ0v) is 13.6. The first-order chi connectivity index (χ1) is 12.2. The summed E-state index contributed by atoms with van der Waals surface area (Å²) < 4.78 is 55.0. The van der Waals surface area contributed by atoms with Crippen molar-refractivity contribution in [1.82, 2.24) is 10.3 Å². The molecular weight excluding hydrogens is 376 g/mol. The van der Waals surface area contributed by atoms with Gasteiger partial charge in [-0.1, -0.05) is 12.1 Å². The zero-order chi connectivity index (χ0) is 19.3. The number of carbonyl (C=O) groups excluding carboxylic acids is 1. The van der Waals surface area contributed by atoms with Gasteiger partial charge in [0.2, 0.25) is 0 Å². The molecule has 2 rings (SSSR count). The predicted molar refractivity (Wildman–Crippen MR) is 83.4 cm³/mol. The molecule has 9 nitrogen and oxygen atoms in total. The molecule has 0 aromatic heterocycles. The maximum Gasteiger partial charge on any atom is 0.310 e. The van der Waals surface area contributed by atoms with Gasteiger partial charge in [-0.3, -0.25) is 20.3 Å². The van der Waals surface area contributed by atoms with E-state index < -0.39 is 44.0 Å². The monoisotopic (exact) mass is 387 g/mol. The summed E-state index contributed by atoms with van der Waals surface area (Å²) in [6.45, 7) is -0.751. The maximum atomic E-state index is 13.5. The number of nitro benzene ring substituents is 1. The van der Waals surface area contributed by atoms with Gasteiger partial charge < -0.3 is 4.74 Å². The smallest absolute Gasteiger partial charge is 0.310 e. The summed E-state index contributed by atoms with van der Waals surface area (Å²) in [6, 6.07) is 7.04. The molecule has 0 fully saturated rings. The number of halogens is 2. The largest absolute Gasteiger partial charge is 0.477 e. The Bertz CT molecular complexity index is 951. The number of ether oxygens (including phenoxy) is 1. The van der Waals surface area contributed by atoms with E-state index in [1.54, 1.807) is 10.3 Å². The standard InChI is InChI=1S/C14H11F2N3O6S/c15-9-5-6-13(10(16)7-9)26(23,24)18-17-14(20)8-25-12-4-2-1-3-11(12)19(21)22/h1-7,18H,8H2,(H,17,20). The fraction of sp³-hybridized carbons (Fsp3) is 0.0714. The summed E-state index contributed by atoms with van der Waals surface area (Å²) in [5, 5.41) is 10.8. The molecule has 0 aliphatic rings. The Morgan fingerprint density at radius 3 is 2.54 bits per heavy atom. The molecule has 0 saturated heterocycles. The Labute approximate surface area is 145 Å². The highest BCUT2D eigenvalue weighted by Crippen LogP contribution is 2.25. The molecule has 0 unspecified atom stereocenters. The molecule has 0 aliphatic carbocycles. The van der Waals surface area contributed by atoms with Crippen molar-refractivity contribution in [3.63, 3.8) is 0 Å². The summed E-state index contributed by atoms with van der Waals surface area (Å²) in [6.07, 6.45) is 0. The Morgan fingerprint density at radius 2 is 1.88 bits per heavy atom. The minimum Gasteiger partial charge on any atom is -0.477 e. The van der Waals surface area contributed by atoms with Crippen LogP contribution in [0.1, 0.15) is 0 Å². The molecule has 0 saturated carbocycles. The zero-order valence-electron chi connectivity index (χ0n) is 12.8. The van der Waals surface area contributed by atoms with E-state index in [-0.39, 0.29) is 11.4 Å². The van der Waals surface area contributed by atoms with E-state index in [4.69, 9.17) is 4.74 Å². The molecule has 12 heteroatoms. The van der Waals surface area contributed by atoms with E-state index in [1.807, 2.05) is 0 Å². The van der Waals surface area contributed by atoms with Crippen LogP contribution < -0.4 is 15.0 Å². The predicted octanol–water partition coefficient (Wildman–Crippen LogP) is 1.26. The summed E-state index contributed by atoms with van der Waals surface area (Å²) in [5.41, 5.74) is 1.37. The molecule has 2 N–H and O–H groups in total. The lowest BCUT2D eigenvalue weighted by Gasteiger charge is -2.10. The molecule has 138 valence electrons. The van der Waals surface area contributed by atoms with Gasteiger partial charge in [-0.15, -0.1) is 4.83 Å². The first-order valence-corrected chi connectivity index (χ1v) is 8.31. The van der Waals surface area contributed by atoms with Gasteiger partial charge in [-0.2, -0.15) is 0 Å². The molecule has 0 aliphatic heterocycles. The molecule has 0 radical (unpaired) electrons. The van der Waals surface area contributed by atoms with Crippen LogP contribution in [0.25, 0.3) is 0 Å². The van der Waals surface area contributed by atoms with Crippen LogP contribution in [0, 0.1) is 21.7 Å². The van der Waals surface area contributed by atoms with Crippen LogP contribution in [0.5, 0.6) is 5.75 Å². The number of sulfonamides is 1. The van der Waals surface area contributed by atoms with Gasteiger partial charge in [0.15, 0.2) is 12.4 Å². The van der Waals surface area contributed by atoms with Gasteiger partial charge in [0, 0.05) is 12.1 Å². The normalized spacial score (nSPS) is 11.0. The lowest BCUT2D eigenvalue weighted by atomic mass is 10.3. The third kappa shape index (κ3) is 4.70. The van der Waals surface area contributed by atoms with Crippen LogP contribution in [0.15, 0.2) is 47.4 Å². The van der Waals surface area contributed by atoms with Crippen LogP contribution >= 0.6 is 0 Å². The van der Waals surface area contributed by atoms with Crippen molar-refractivity contribution < 1.29 is 31.7 Å². The number of benzene rings is 2. The average molecular weight is 387 g/mol. The summed E-state index contributed by atoms with van der Waals surface area (Å²) in [4.78, 5) is 22.4. The van der Waals surface area contributed by atoms with Crippen molar-refractivity contribution in [2.45, 2.75) is 4.90 Å². The third-order valence-corrected chi connectivity index (χ3v) is 4.21. The molecule has 0 heterocycles. The van der Waals surface area contributed by atoms with Crippen molar-refractivity contribution >= 4 is 21.6 Å². The molecule has 0 spiro atoms. The fourth-order valence-corrected chi connectivity index (χ4v) is 2.70. The van der Waals surface area contributed by atoms with Crippen molar-refractivity contribution in [2.24, 2.45) is 0 Å². The number of para-hydroxylation sites is 2. The molecule has 2 aromatic carbocycles. The second-order valence-corrected chi connectivity index (χ2v) is 6.39. The summed E-state index contributed by atoms with van der Waals surface area (Å²) >= 11 is 0. The number of hydrogen-bond acceptors (Lipinski definition) is 6. The van der Waals surface area contributed by atoms with Gasteiger partial charge in [0.25, 0.3) is 15.9 Å². The third-order valence-electron chi connectivity index (χ3n) is 2.93. The fourth-order valence-electron chi connectivity index (χ4n) is 1.78. The van der Waals surface area contributed by atoms with Crippen LogP contribution in [-0.4, -0.2) is 25.9 Å². The number of nitro groups is 1. The number of hydrogen-bond donors (Lipinski definition) is 2. The second-order valence-electron chi connectivity index (χ2n) is 4.74. The first-order valence-electron chi connectivity index (χ1n) is 6.82. The minimum absolute atomic E-state index is 0.194. The number of nitrogens with one attached hydrogen (secondary N) is 2. The second kappa shape index (κ2) is 7.84. The molecule has 0 bridgehead atoms. The number of nitrogens with zero attached hydrogens (tertiary/aromatic N) is 1. The SMILES string of the molecule is O=C(COc1ccccc1[N+](=O)[O-])NNS(=O)(=O)c1ccc(F)cc1F. The van der Waals surface area contributed by atoms with Crippen molar-refractivity contribution in [3.05, 3.63) is 64.2 Å². The van der Waals surface area contributed by atoms with Crippen LogP contribution in [-0.2, 0) is 14.8 Å². The topological polar surface area (TPSA) is 128 Å². The van der Waals surface area contributed by atoms with Crippen LogP contribution in [0.3, 0.4) is 0 Å². The Kier molecular flexibility index (Phi) is 5.79. The van der Waals surface area contributed by atoms with Gasteiger partial charge >= 0.3 is 5.69 Å². The number of rotatable bonds is 7. The highest BCUT2D eigenvalue weighted by Gasteiger charge is 2.21. The van der Waals surface area contributed by atoms with Crippen LogP contribution in [0.4, 0.5) is 14.5 Å². The molecule has 26 heavy (non-hydrogen) atoms. The molecule has 2 aromatic rings. The highest BCUT2D eigenvalue weighted by atomic mass is 32.2. The van der Waals surface area contributed by atoms with Crippen molar-refractivity contribution in [2.75, 3.05) is 6.61 Å². The average Bonchev–Trinajstić information content (AvgIpc) is 2.58. The highest BCUT2D eigenvalue weighted by molar-refractivity contribution is 7.89. The van der Waals surface area contributed by atoms with E-state index in [1.165, 1.54) is 18.2 Å². The molecule has 0 atom stereocenters. The Morgan fingerprint density at radius 1 is 1.19 bits per heavy atom. The van der Waals surface area contributed by atoms with E-state index in [2.05, 4.69) is 0 Å². The summed E-state index contributed by atoms with van der Waals surface area (Å²) in [7, 11) is -4.49. The van der Waals surface area contributed by atoms with Gasteiger partial charge in [0.1, 0.15) is 16.5 Å². The minimum atomic E-state index is -4.49. The number of carbonyl (C=O) groups is 1. The lowest BCUT2D eigenvalue weighted by molar-refractivity contribution is -0.385. The Balaban J connectivity index is 1.97. The first kappa shape index (κ1) is 19.2. The Hall–Kier alpha value is -3.12. The maximum absolute atomic E-state index is 13.5. The van der Waals surface area contributed by atoms with Crippen molar-refractivity contribution in [3.8, 4) is 5.75 Å². The molecule has 1 amide bonds. The van der Waals surface area contributed by atoms with Gasteiger partial charge in [-0.05, 0) is 18.2 Å². The number of hydrazine groups is 1. The lowest BCUT2D eigenvalue weighted by Crippen LogP contribution is -2.44. The van der Waals surface area contributed by atoms with Gasteiger partial charge in [-0.25, -0.2) is 17.2 Å². The van der Waals surface area contributed by atoms with E-state index in [0.717, 1.165) is 12.1 Å². The van der Waals surface area contributed by atoms with E-state index in [9.17, 15) is 32.1 Å². The van der Waals surface area contributed by atoms with Gasteiger partial charge in [0.05, 0.1) is 4.92 Å². The van der Waals surface area contributed by atoms with Crippen molar-refractivity contribution in [1.29, 1.82) is 0 Å². The van der Waals surface area contributed by atoms with E-state index in [0.29, 0.717) is 12.1 Å². The number of amides is 1.